The van der Waals surface area contributed by atoms with Crippen molar-refractivity contribution in [2.24, 2.45) is 0 Å². The first-order valence-electron chi connectivity index (χ1n) is 8.58. The van der Waals surface area contributed by atoms with E-state index in [1.54, 1.807) is 35.7 Å². The fourth-order valence-electron chi connectivity index (χ4n) is 3.29. The second kappa shape index (κ2) is 7.82. The zero-order chi connectivity index (χ0) is 17.0. The molecule has 0 amide bonds. The molecule has 1 aromatic rings. The van der Waals surface area contributed by atoms with Crippen molar-refractivity contribution in [1.82, 2.24) is 9.21 Å². The van der Waals surface area contributed by atoms with Gasteiger partial charge < -0.3 is 9.47 Å². The van der Waals surface area contributed by atoms with Crippen LogP contribution in [0.5, 0.6) is 5.75 Å². The summed E-state index contributed by atoms with van der Waals surface area (Å²) in [6.07, 6.45) is 3.81. The second-order valence-electron chi connectivity index (χ2n) is 6.37. The molecule has 1 aromatic carbocycles. The molecule has 0 bridgehead atoms. The van der Waals surface area contributed by atoms with E-state index in [2.05, 4.69) is 4.90 Å². The third kappa shape index (κ3) is 4.08. The van der Waals surface area contributed by atoms with Crippen molar-refractivity contribution in [3.05, 3.63) is 24.3 Å². The molecule has 1 atom stereocenters. The van der Waals surface area contributed by atoms with Gasteiger partial charge in [0.1, 0.15) is 5.75 Å². The summed E-state index contributed by atoms with van der Waals surface area (Å²) in [5.74, 6) is 0.659. The summed E-state index contributed by atoms with van der Waals surface area (Å²) in [5.41, 5.74) is 0. The van der Waals surface area contributed by atoms with Gasteiger partial charge in [0.15, 0.2) is 0 Å². The molecule has 0 aliphatic carbocycles. The Bertz CT molecular complexity index is 618. The first-order chi connectivity index (χ1) is 11.6. The first kappa shape index (κ1) is 17.7. The Balaban J connectivity index is 1.56. The van der Waals surface area contributed by atoms with Gasteiger partial charge in [-0.05, 0) is 43.5 Å². The summed E-state index contributed by atoms with van der Waals surface area (Å²) in [4.78, 5) is 2.64. The number of hydrogen-bond donors (Lipinski definition) is 0. The number of methoxy groups -OCH3 is 1. The molecular weight excluding hydrogens is 328 g/mol. The van der Waals surface area contributed by atoms with Gasteiger partial charge in [-0.2, -0.15) is 4.31 Å². The van der Waals surface area contributed by atoms with Gasteiger partial charge in [-0.1, -0.05) is 0 Å². The van der Waals surface area contributed by atoms with Crippen LogP contribution in [-0.2, 0) is 14.8 Å². The summed E-state index contributed by atoms with van der Waals surface area (Å²) in [7, 11) is -1.86. The SMILES string of the molecule is COc1ccc(S(=O)(=O)N2CCN(C[C@H]3CCCCO3)CC2)cc1. The molecule has 2 aliphatic rings. The summed E-state index contributed by atoms with van der Waals surface area (Å²) in [6.45, 7) is 4.35. The largest absolute Gasteiger partial charge is 0.497 e. The predicted molar refractivity (Wildman–Crippen MR) is 91.8 cm³/mol. The smallest absolute Gasteiger partial charge is 0.243 e. The first-order valence-corrected chi connectivity index (χ1v) is 10.0. The zero-order valence-electron chi connectivity index (χ0n) is 14.2. The van der Waals surface area contributed by atoms with E-state index in [1.165, 1.54) is 6.42 Å². The summed E-state index contributed by atoms with van der Waals surface area (Å²) in [5, 5.41) is 0. The maximum absolute atomic E-state index is 12.7. The van der Waals surface area contributed by atoms with Crippen molar-refractivity contribution in [2.75, 3.05) is 46.4 Å². The normalized spacial score (nSPS) is 24.0. The van der Waals surface area contributed by atoms with E-state index < -0.39 is 10.0 Å². The lowest BCUT2D eigenvalue weighted by molar-refractivity contribution is -0.0103. The molecule has 7 heteroatoms. The van der Waals surface area contributed by atoms with Crippen LogP contribution in [0.1, 0.15) is 19.3 Å². The van der Waals surface area contributed by atoms with Gasteiger partial charge in [0, 0.05) is 39.3 Å². The van der Waals surface area contributed by atoms with E-state index in [1.807, 2.05) is 0 Å². The molecule has 2 aliphatic heterocycles. The molecule has 0 unspecified atom stereocenters. The predicted octanol–water partition coefficient (Wildman–Crippen LogP) is 1.57. The Morgan fingerprint density at radius 3 is 2.42 bits per heavy atom. The molecule has 3 rings (SSSR count). The van der Waals surface area contributed by atoms with Crippen LogP contribution in [0.2, 0.25) is 0 Å². The summed E-state index contributed by atoms with van der Waals surface area (Å²) >= 11 is 0. The molecule has 0 saturated carbocycles. The van der Waals surface area contributed by atoms with E-state index in [9.17, 15) is 8.42 Å². The molecule has 2 fully saturated rings. The van der Waals surface area contributed by atoms with Gasteiger partial charge in [0.2, 0.25) is 10.0 Å². The Hall–Kier alpha value is -1.15. The van der Waals surface area contributed by atoms with Crippen LogP contribution in [0.25, 0.3) is 0 Å². The average molecular weight is 354 g/mol. The van der Waals surface area contributed by atoms with Crippen molar-refractivity contribution >= 4 is 10.0 Å². The lowest BCUT2D eigenvalue weighted by atomic mass is 10.1. The van der Waals surface area contributed by atoms with Crippen molar-refractivity contribution in [2.45, 2.75) is 30.3 Å². The number of nitrogens with zero attached hydrogens (tertiary/aromatic N) is 2. The van der Waals surface area contributed by atoms with Crippen molar-refractivity contribution in [3.63, 3.8) is 0 Å². The van der Waals surface area contributed by atoms with Crippen LogP contribution < -0.4 is 4.74 Å². The molecule has 6 nitrogen and oxygen atoms in total. The van der Waals surface area contributed by atoms with Gasteiger partial charge in [0.05, 0.1) is 18.1 Å². The van der Waals surface area contributed by atoms with Crippen LogP contribution in [0.15, 0.2) is 29.2 Å². The van der Waals surface area contributed by atoms with E-state index in [0.717, 1.165) is 39.1 Å². The zero-order valence-corrected chi connectivity index (χ0v) is 15.0. The molecule has 0 radical (unpaired) electrons. The molecule has 0 N–H and O–H groups in total. The van der Waals surface area contributed by atoms with Crippen molar-refractivity contribution in [3.8, 4) is 5.75 Å². The molecule has 0 spiro atoms. The van der Waals surface area contributed by atoms with Crippen LogP contribution in [0, 0.1) is 0 Å². The highest BCUT2D eigenvalue weighted by molar-refractivity contribution is 7.89. The Morgan fingerprint density at radius 1 is 1.12 bits per heavy atom. The van der Waals surface area contributed by atoms with Crippen LogP contribution in [0.3, 0.4) is 0 Å². The minimum absolute atomic E-state index is 0.309. The Kier molecular flexibility index (Phi) is 5.76. The number of ether oxygens (including phenoxy) is 2. The summed E-state index contributed by atoms with van der Waals surface area (Å²) in [6, 6.07) is 6.58. The highest BCUT2D eigenvalue weighted by Gasteiger charge is 2.29. The maximum Gasteiger partial charge on any atom is 0.243 e. The number of sulfonamides is 1. The van der Waals surface area contributed by atoms with Gasteiger partial charge in [-0.15, -0.1) is 0 Å². The highest BCUT2D eigenvalue weighted by atomic mass is 32.2. The monoisotopic (exact) mass is 354 g/mol. The third-order valence-corrected chi connectivity index (χ3v) is 6.68. The molecule has 2 saturated heterocycles. The topological polar surface area (TPSA) is 59.1 Å². The quantitative estimate of drug-likeness (QED) is 0.803. The highest BCUT2D eigenvalue weighted by Crippen LogP contribution is 2.21. The van der Waals surface area contributed by atoms with Gasteiger partial charge in [0.25, 0.3) is 0 Å². The van der Waals surface area contributed by atoms with Crippen molar-refractivity contribution in [1.29, 1.82) is 0 Å². The fraction of sp³-hybridized carbons (Fsp3) is 0.647. The van der Waals surface area contributed by atoms with Crippen LogP contribution >= 0.6 is 0 Å². The second-order valence-corrected chi connectivity index (χ2v) is 8.31. The minimum Gasteiger partial charge on any atom is -0.497 e. The van der Waals surface area contributed by atoms with Gasteiger partial charge in [-0.25, -0.2) is 8.42 Å². The number of rotatable bonds is 5. The number of benzene rings is 1. The average Bonchev–Trinajstić information content (AvgIpc) is 2.63. The van der Waals surface area contributed by atoms with E-state index >= 15 is 0 Å². The number of hydrogen-bond acceptors (Lipinski definition) is 5. The molecule has 134 valence electrons. The molecule has 2 heterocycles. The molecule has 0 aromatic heterocycles. The van der Waals surface area contributed by atoms with Crippen LogP contribution in [0.4, 0.5) is 0 Å². The van der Waals surface area contributed by atoms with E-state index in [-0.39, 0.29) is 0 Å². The Morgan fingerprint density at radius 2 is 1.83 bits per heavy atom. The van der Waals surface area contributed by atoms with E-state index in [4.69, 9.17) is 9.47 Å². The maximum atomic E-state index is 12.7. The van der Waals surface area contributed by atoms with Crippen molar-refractivity contribution < 1.29 is 17.9 Å². The lowest BCUT2D eigenvalue weighted by Crippen LogP contribution is -2.50. The van der Waals surface area contributed by atoms with Gasteiger partial charge >= 0.3 is 0 Å². The fourth-order valence-corrected chi connectivity index (χ4v) is 4.71. The minimum atomic E-state index is -3.42. The standard InChI is InChI=1S/C17H26N2O4S/c1-22-15-5-7-17(8-6-15)24(20,21)19-11-9-18(10-12-19)14-16-4-2-3-13-23-16/h5-8,16H,2-4,9-14H2,1H3/t16-/m1/s1. The number of piperazine rings is 1. The van der Waals surface area contributed by atoms with Crippen LogP contribution in [-0.4, -0.2) is 70.2 Å². The molecule has 24 heavy (non-hydrogen) atoms. The van der Waals surface area contributed by atoms with E-state index in [0.29, 0.717) is 29.8 Å². The third-order valence-electron chi connectivity index (χ3n) is 4.76. The Labute approximate surface area is 144 Å². The molecular formula is C17H26N2O4S. The van der Waals surface area contributed by atoms with Gasteiger partial charge in [-0.3, -0.25) is 4.90 Å². The lowest BCUT2D eigenvalue weighted by Gasteiger charge is -2.36. The summed E-state index contributed by atoms with van der Waals surface area (Å²) < 4.78 is 37.9.